The zero-order chi connectivity index (χ0) is 13.8. The normalized spacial score (nSPS) is 10.7. The van der Waals surface area contributed by atoms with Crippen LogP contribution in [0, 0.1) is 13.8 Å². The van der Waals surface area contributed by atoms with Crippen LogP contribution < -0.4 is 5.73 Å². The Hall–Kier alpha value is -1.10. The summed E-state index contributed by atoms with van der Waals surface area (Å²) in [5.41, 5.74) is 8.73. The van der Waals surface area contributed by atoms with E-state index in [1.807, 2.05) is 38.1 Å². The smallest absolute Gasteiger partial charge is 0.192 e. The predicted octanol–water partition coefficient (Wildman–Crippen LogP) is 3.40. The molecule has 1 aromatic heterocycles. The minimum absolute atomic E-state index is 0.599. The lowest BCUT2D eigenvalue weighted by Crippen LogP contribution is -2.04. The van der Waals surface area contributed by atoms with Crippen molar-refractivity contribution in [1.82, 2.24) is 9.97 Å². The fourth-order valence-corrected chi connectivity index (χ4v) is 3.03. The summed E-state index contributed by atoms with van der Waals surface area (Å²) in [6, 6.07) is 7.80. The highest BCUT2D eigenvalue weighted by Crippen LogP contribution is 2.30. The molecule has 0 fully saturated rings. The van der Waals surface area contributed by atoms with E-state index < -0.39 is 0 Å². The van der Waals surface area contributed by atoms with Crippen molar-refractivity contribution in [3.63, 3.8) is 0 Å². The number of benzene rings is 1. The van der Waals surface area contributed by atoms with Crippen LogP contribution in [-0.4, -0.2) is 16.5 Å². The number of aryl methyl sites for hydroxylation is 2. The molecule has 0 aliphatic carbocycles. The van der Waals surface area contributed by atoms with E-state index in [-0.39, 0.29) is 0 Å². The molecule has 2 N–H and O–H groups in total. The van der Waals surface area contributed by atoms with Crippen LogP contribution in [0.25, 0.3) is 0 Å². The van der Waals surface area contributed by atoms with Crippen molar-refractivity contribution in [2.45, 2.75) is 30.3 Å². The molecular weight excluding hydrogens is 278 g/mol. The monoisotopic (exact) mass is 293 g/mol. The van der Waals surface area contributed by atoms with E-state index in [1.165, 1.54) is 0 Å². The minimum Gasteiger partial charge on any atom is -0.330 e. The van der Waals surface area contributed by atoms with Crippen molar-refractivity contribution in [2.75, 3.05) is 6.54 Å². The quantitative estimate of drug-likeness (QED) is 0.878. The van der Waals surface area contributed by atoms with Crippen molar-refractivity contribution >= 4 is 23.4 Å². The van der Waals surface area contributed by atoms with Crippen LogP contribution in [0.3, 0.4) is 0 Å². The lowest BCUT2D eigenvalue weighted by atomic mass is 10.1. The van der Waals surface area contributed by atoms with E-state index in [2.05, 4.69) is 9.97 Å². The summed E-state index contributed by atoms with van der Waals surface area (Å²) in [6.45, 7) is 4.55. The lowest BCUT2D eigenvalue weighted by molar-refractivity contribution is 0.897. The van der Waals surface area contributed by atoms with Gasteiger partial charge in [-0.25, -0.2) is 9.97 Å². The standard InChI is InChI=1S/C14H16ClN3S/c1-9-7-10(2)18-14(17-9)19-13-4-3-12(15)8-11(13)5-6-16/h3-4,7-8H,5-6,16H2,1-2H3. The van der Waals surface area contributed by atoms with Gasteiger partial charge in [-0.15, -0.1) is 0 Å². The summed E-state index contributed by atoms with van der Waals surface area (Å²) >= 11 is 7.58. The topological polar surface area (TPSA) is 51.8 Å². The summed E-state index contributed by atoms with van der Waals surface area (Å²) in [5, 5.41) is 1.49. The molecule has 0 unspecified atom stereocenters. The molecule has 0 aliphatic rings. The summed E-state index contributed by atoms with van der Waals surface area (Å²) in [7, 11) is 0. The Morgan fingerprint density at radius 3 is 2.47 bits per heavy atom. The van der Waals surface area contributed by atoms with Gasteiger partial charge in [0.25, 0.3) is 0 Å². The van der Waals surface area contributed by atoms with Gasteiger partial charge in [0.2, 0.25) is 0 Å². The third-order valence-corrected chi connectivity index (χ3v) is 3.82. The molecule has 0 bridgehead atoms. The van der Waals surface area contributed by atoms with Crippen molar-refractivity contribution in [1.29, 1.82) is 0 Å². The van der Waals surface area contributed by atoms with E-state index in [4.69, 9.17) is 17.3 Å². The van der Waals surface area contributed by atoms with Gasteiger partial charge in [0, 0.05) is 21.3 Å². The molecule has 0 spiro atoms. The second kappa shape index (κ2) is 6.37. The molecule has 0 saturated carbocycles. The Morgan fingerprint density at radius 2 is 1.84 bits per heavy atom. The van der Waals surface area contributed by atoms with Crippen LogP contribution >= 0.6 is 23.4 Å². The molecule has 2 aromatic rings. The Morgan fingerprint density at radius 1 is 1.16 bits per heavy atom. The Bertz CT molecular complexity index is 567. The Labute approximate surface area is 122 Å². The van der Waals surface area contributed by atoms with Crippen LogP contribution in [0.1, 0.15) is 17.0 Å². The van der Waals surface area contributed by atoms with Gasteiger partial charge in [0.1, 0.15) is 0 Å². The first-order valence-electron chi connectivity index (χ1n) is 6.07. The molecule has 0 saturated heterocycles. The van der Waals surface area contributed by atoms with Crippen molar-refractivity contribution in [3.05, 3.63) is 46.2 Å². The number of nitrogens with zero attached hydrogens (tertiary/aromatic N) is 2. The summed E-state index contributed by atoms with van der Waals surface area (Å²) < 4.78 is 0. The van der Waals surface area contributed by atoms with Gasteiger partial charge >= 0.3 is 0 Å². The molecule has 1 aromatic carbocycles. The molecule has 1 heterocycles. The maximum atomic E-state index is 6.02. The summed E-state index contributed by atoms with van der Waals surface area (Å²) in [6.07, 6.45) is 0.799. The first-order valence-corrected chi connectivity index (χ1v) is 7.26. The van der Waals surface area contributed by atoms with Gasteiger partial charge in [0.05, 0.1) is 0 Å². The summed E-state index contributed by atoms with van der Waals surface area (Å²) in [4.78, 5) is 9.99. The highest BCUT2D eigenvalue weighted by atomic mass is 35.5. The van der Waals surface area contributed by atoms with Crippen LogP contribution in [0.5, 0.6) is 0 Å². The van der Waals surface area contributed by atoms with Crippen molar-refractivity contribution in [2.24, 2.45) is 5.73 Å². The zero-order valence-electron chi connectivity index (χ0n) is 11.0. The van der Waals surface area contributed by atoms with Crippen LogP contribution in [0.4, 0.5) is 0 Å². The molecule has 2 rings (SSSR count). The molecular formula is C14H16ClN3S. The van der Waals surface area contributed by atoms with Gasteiger partial charge in [0.15, 0.2) is 5.16 Å². The van der Waals surface area contributed by atoms with Crippen LogP contribution in [0.15, 0.2) is 34.3 Å². The maximum Gasteiger partial charge on any atom is 0.192 e. The second-order valence-electron chi connectivity index (χ2n) is 4.33. The first-order chi connectivity index (χ1) is 9.08. The molecule has 5 heteroatoms. The fraction of sp³-hybridized carbons (Fsp3) is 0.286. The zero-order valence-corrected chi connectivity index (χ0v) is 12.6. The van der Waals surface area contributed by atoms with E-state index in [1.54, 1.807) is 11.8 Å². The average Bonchev–Trinajstić information content (AvgIpc) is 2.32. The van der Waals surface area contributed by atoms with E-state index in [0.29, 0.717) is 6.54 Å². The number of aromatic nitrogens is 2. The number of hydrogen-bond donors (Lipinski definition) is 1. The third kappa shape index (κ3) is 3.93. The van der Waals surface area contributed by atoms with Crippen molar-refractivity contribution < 1.29 is 0 Å². The van der Waals surface area contributed by atoms with E-state index in [0.717, 1.165) is 38.4 Å². The third-order valence-electron chi connectivity index (χ3n) is 2.60. The number of halogens is 1. The Kier molecular flexibility index (Phi) is 4.80. The number of nitrogens with two attached hydrogens (primary N) is 1. The van der Waals surface area contributed by atoms with E-state index >= 15 is 0 Å². The molecule has 0 radical (unpaired) electrons. The average molecular weight is 294 g/mol. The molecule has 3 nitrogen and oxygen atoms in total. The largest absolute Gasteiger partial charge is 0.330 e. The van der Waals surface area contributed by atoms with E-state index in [9.17, 15) is 0 Å². The van der Waals surface area contributed by atoms with Crippen LogP contribution in [0.2, 0.25) is 5.02 Å². The highest BCUT2D eigenvalue weighted by Gasteiger charge is 2.08. The highest BCUT2D eigenvalue weighted by molar-refractivity contribution is 7.99. The molecule has 0 atom stereocenters. The first kappa shape index (κ1) is 14.3. The Balaban J connectivity index is 2.31. The SMILES string of the molecule is Cc1cc(C)nc(Sc2ccc(Cl)cc2CCN)n1. The molecule has 0 amide bonds. The minimum atomic E-state index is 0.599. The van der Waals surface area contributed by atoms with Crippen molar-refractivity contribution in [3.8, 4) is 0 Å². The maximum absolute atomic E-state index is 6.02. The van der Waals surface area contributed by atoms with Crippen LogP contribution in [-0.2, 0) is 6.42 Å². The molecule has 0 aliphatic heterocycles. The number of rotatable bonds is 4. The number of hydrogen-bond acceptors (Lipinski definition) is 4. The van der Waals surface area contributed by atoms with Gasteiger partial charge in [-0.3, -0.25) is 0 Å². The molecule has 19 heavy (non-hydrogen) atoms. The molecule has 100 valence electrons. The second-order valence-corrected chi connectivity index (χ2v) is 5.77. The fourth-order valence-electron chi connectivity index (χ4n) is 1.84. The van der Waals surface area contributed by atoms with Gasteiger partial charge in [-0.1, -0.05) is 11.6 Å². The predicted molar refractivity (Wildman–Crippen MR) is 79.8 cm³/mol. The summed E-state index contributed by atoms with van der Waals surface area (Å²) in [5.74, 6) is 0. The lowest BCUT2D eigenvalue weighted by Gasteiger charge is -2.09. The van der Waals surface area contributed by atoms with Gasteiger partial charge in [-0.2, -0.15) is 0 Å². The van der Waals surface area contributed by atoms with Gasteiger partial charge in [-0.05, 0) is 68.4 Å². The van der Waals surface area contributed by atoms with Gasteiger partial charge < -0.3 is 5.73 Å².